The maximum atomic E-state index is 12.1. The highest BCUT2D eigenvalue weighted by Gasteiger charge is 2.22. The Morgan fingerprint density at radius 1 is 1.42 bits per heavy atom. The van der Waals surface area contributed by atoms with E-state index in [9.17, 15) is 4.79 Å². The number of carbonyl (C=O) groups excluding carboxylic acids is 1. The van der Waals surface area contributed by atoms with Crippen LogP contribution < -0.4 is 16.0 Å². The summed E-state index contributed by atoms with van der Waals surface area (Å²) in [5.41, 5.74) is 5.92. The van der Waals surface area contributed by atoms with Crippen molar-refractivity contribution in [2.24, 2.45) is 5.41 Å². The second-order valence-corrected chi connectivity index (χ2v) is 7.13. The second-order valence-electron chi connectivity index (χ2n) is 6.15. The Kier molecular flexibility index (Phi) is 3.99. The first-order chi connectivity index (χ1) is 8.87. The van der Waals surface area contributed by atoms with E-state index in [1.165, 1.54) is 24.2 Å². The number of amides is 1. The third-order valence-corrected chi connectivity index (χ3v) is 4.13. The first-order valence-electron chi connectivity index (χ1n) is 6.66. The van der Waals surface area contributed by atoms with Gasteiger partial charge in [-0.05, 0) is 18.3 Å². The van der Waals surface area contributed by atoms with Crippen molar-refractivity contribution in [3.63, 3.8) is 0 Å². The number of hydrogen-bond acceptors (Lipinski definition) is 5. The Morgan fingerprint density at radius 2 is 2.05 bits per heavy atom. The standard InChI is InChI=1S/C13H22N4OS/c1-13(2,3)8-15-11(18)9-10(14)16-12(19-9)17-6-4-5-7-17/h4-8,14H2,1-3H3,(H,15,18). The van der Waals surface area contributed by atoms with Gasteiger partial charge in [-0.3, -0.25) is 4.79 Å². The zero-order valence-electron chi connectivity index (χ0n) is 11.8. The van der Waals surface area contributed by atoms with Gasteiger partial charge in [0.1, 0.15) is 10.7 Å². The van der Waals surface area contributed by atoms with Gasteiger partial charge in [-0.25, -0.2) is 4.98 Å². The monoisotopic (exact) mass is 282 g/mol. The lowest BCUT2D eigenvalue weighted by molar-refractivity contribution is 0.0944. The number of nitrogens with one attached hydrogen (secondary N) is 1. The molecule has 1 aromatic rings. The summed E-state index contributed by atoms with van der Waals surface area (Å²) in [6.07, 6.45) is 2.37. The van der Waals surface area contributed by atoms with Gasteiger partial charge in [-0.2, -0.15) is 0 Å². The fraction of sp³-hybridized carbons (Fsp3) is 0.692. The molecule has 5 nitrogen and oxygen atoms in total. The van der Waals surface area contributed by atoms with E-state index in [2.05, 4.69) is 36.0 Å². The molecule has 0 aliphatic carbocycles. The Hall–Kier alpha value is -1.30. The average Bonchev–Trinajstić information content (AvgIpc) is 2.93. The van der Waals surface area contributed by atoms with Crippen LogP contribution in [-0.4, -0.2) is 30.5 Å². The van der Waals surface area contributed by atoms with Crippen LogP contribution >= 0.6 is 11.3 Å². The van der Waals surface area contributed by atoms with Crippen LogP contribution in [0.2, 0.25) is 0 Å². The van der Waals surface area contributed by atoms with Gasteiger partial charge in [-0.15, -0.1) is 0 Å². The third-order valence-electron chi connectivity index (χ3n) is 3.00. The van der Waals surface area contributed by atoms with Crippen molar-refractivity contribution in [3.05, 3.63) is 4.88 Å². The van der Waals surface area contributed by atoms with Gasteiger partial charge in [0.2, 0.25) is 0 Å². The van der Waals surface area contributed by atoms with Crippen LogP contribution in [0.15, 0.2) is 0 Å². The Labute approximate surface area is 118 Å². The van der Waals surface area contributed by atoms with Gasteiger partial charge < -0.3 is 16.0 Å². The van der Waals surface area contributed by atoms with Crippen LogP contribution in [-0.2, 0) is 0 Å². The quantitative estimate of drug-likeness (QED) is 0.890. The second kappa shape index (κ2) is 5.36. The molecule has 0 saturated carbocycles. The minimum atomic E-state index is -0.115. The molecule has 0 atom stereocenters. The van der Waals surface area contributed by atoms with Crippen LogP contribution in [0.1, 0.15) is 43.3 Å². The summed E-state index contributed by atoms with van der Waals surface area (Å²) < 4.78 is 0. The molecule has 0 bridgehead atoms. The summed E-state index contributed by atoms with van der Waals surface area (Å²) in [6, 6.07) is 0. The number of anilines is 2. The summed E-state index contributed by atoms with van der Waals surface area (Å²) in [5, 5.41) is 3.79. The van der Waals surface area contributed by atoms with Crippen LogP contribution in [0.5, 0.6) is 0 Å². The molecule has 0 aromatic carbocycles. The lowest BCUT2D eigenvalue weighted by atomic mass is 9.97. The number of nitrogens with two attached hydrogens (primary N) is 1. The summed E-state index contributed by atoms with van der Waals surface area (Å²) in [4.78, 5) is 19.2. The van der Waals surface area contributed by atoms with Gasteiger partial charge in [0.05, 0.1) is 0 Å². The minimum absolute atomic E-state index is 0.0624. The van der Waals surface area contributed by atoms with Crippen LogP contribution in [0.4, 0.5) is 10.9 Å². The summed E-state index contributed by atoms with van der Waals surface area (Å²) in [7, 11) is 0. The molecule has 6 heteroatoms. The smallest absolute Gasteiger partial charge is 0.265 e. The first-order valence-corrected chi connectivity index (χ1v) is 7.48. The molecule has 0 radical (unpaired) electrons. The van der Waals surface area contributed by atoms with E-state index in [0.29, 0.717) is 17.2 Å². The van der Waals surface area contributed by atoms with Crippen LogP contribution in [0.3, 0.4) is 0 Å². The summed E-state index contributed by atoms with van der Waals surface area (Å²) >= 11 is 1.39. The number of thiazole rings is 1. The minimum Gasteiger partial charge on any atom is -0.382 e. The molecule has 19 heavy (non-hydrogen) atoms. The molecule has 1 saturated heterocycles. The van der Waals surface area contributed by atoms with Crippen molar-refractivity contribution in [1.29, 1.82) is 0 Å². The van der Waals surface area contributed by atoms with Crippen molar-refractivity contribution >= 4 is 28.2 Å². The Morgan fingerprint density at radius 3 is 2.63 bits per heavy atom. The molecular formula is C13H22N4OS. The van der Waals surface area contributed by atoms with E-state index in [0.717, 1.165) is 18.2 Å². The first kappa shape index (κ1) is 14.1. The number of aromatic nitrogens is 1. The van der Waals surface area contributed by atoms with Gasteiger partial charge in [0, 0.05) is 19.6 Å². The van der Waals surface area contributed by atoms with Crippen molar-refractivity contribution in [3.8, 4) is 0 Å². The molecule has 1 amide bonds. The molecule has 2 heterocycles. The maximum Gasteiger partial charge on any atom is 0.265 e. The molecule has 2 rings (SSSR count). The van der Waals surface area contributed by atoms with Gasteiger partial charge >= 0.3 is 0 Å². The Balaban J connectivity index is 2.05. The molecule has 1 fully saturated rings. The van der Waals surface area contributed by atoms with Crippen LogP contribution in [0, 0.1) is 5.41 Å². The van der Waals surface area contributed by atoms with E-state index in [1.807, 2.05) is 0 Å². The van der Waals surface area contributed by atoms with Crippen molar-refractivity contribution in [2.45, 2.75) is 33.6 Å². The van der Waals surface area contributed by atoms with Crippen molar-refractivity contribution in [2.75, 3.05) is 30.3 Å². The predicted octanol–water partition coefficient (Wildman–Crippen LogP) is 2.10. The highest BCUT2D eigenvalue weighted by Crippen LogP contribution is 2.30. The average molecular weight is 282 g/mol. The molecule has 106 valence electrons. The SMILES string of the molecule is CC(C)(C)CNC(=O)c1sc(N2CCCC2)nc1N. The Bertz CT molecular complexity index is 458. The number of carbonyl (C=O) groups is 1. The summed E-state index contributed by atoms with van der Waals surface area (Å²) in [6.45, 7) is 8.89. The van der Waals surface area contributed by atoms with Gasteiger partial charge in [-0.1, -0.05) is 32.1 Å². The number of nitrogen functional groups attached to an aromatic ring is 1. The highest BCUT2D eigenvalue weighted by molar-refractivity contribution is 7.18. The third kappa shape index (κ3) is 3.59. The van der Waals surface area contributed by atoms with E-state index in [1.54, 1.807) is 0 Å². The fourth-order valence-corrected chi connectivity index (χ4v) is 2.91. The predicted molar refractivity (Wildman–Crippen MR) is 79.8 cm³/mol. The van der Waals surface area contributed by atoms with E-state index in [-0.39, 0.29) is 11.3 Å². The highest BCUT2D eigenvalue weighted by atomic mass is 32.1. The largest absolute Gasteiger partial charge is 0.382 e. The van der Waals surface area contributed by atoms with Gasteiger partial charge in [0.25, 0.3) is 5.91 Å². The lowest BCUT2D eigenvalue weighted by Gasteiger charge is -2.18. The molecule has 0 spiro atoms. The number of hydrogen-bond donors (Lipinski definition) is 2. The molecule has 1 aliphatic rings. The number of rotatable bonds is 3. The van der Waals surface area contributed by atoms with Gasteiger partial charge in [0.15, 0.2) is 5.13 Å². The van der Waals surface area contributed by atoms with E-state index in [4.69, 9.17) is 5.73 Å². The van der Waals surface area contributed by atoms with Crippen molar-refractivity contribution < 1.29 is 4.79 Å². The summed E-state index contributed by atoms with van der Waals surface area (Å²) in [5.74, 6) is 0.230. The number of nitrogens with zero attached hydrogens (tertiary/aromatic N) is 2. The van der Waals surface area contributed by atoms with E-state index >= 15 is 0 Å². The van der Waals surface area contributed by atoms with E-state index < -0.39 is 0 Å². The zero-order valence-corrected chi connectivity index (χ0v) is 12.6. The molecule has 3 N–H and O–H groups in total. The molecular weight excluding hydrogens is 260 g/mol. The molecule has 1 aromatic heterocycles. The maximum absolute atomic E-state index is 12.1. The van der Waals surface area contributed by atoms with Crippen LogP contribution in [0.25, 0.3) is 0 Å². The molecule has 0 unspecified atom stereocenters. The molecule has 1 aliphatic heterocycles. The zero-order chi connectivity index (χ0) is 14.0. The normalized spacial score (nSPS) is 15.8. The fourth-order valence-electron chi connectivity index (χ4n) is 1.95. The van der Waals surface area contributed by atoms with Crippen molar-refractivity contribution in [1.82, 2.24) is 10.3 Å². The lowest BCUT2D eigenvalue weighted by Crippen LogP contribution is -2.32. The topological polar surface area (TPSA) is 71.2 Å².